The van der Waals surface area contributed by atoms with Crippen LogP contribution in [0.2, 0.25) is 5.02 Å². The van der Waals surface area contributed by atoms with E-state index in [-0.39, 0.29) is 12.2 Å². The van der Waals surface area contributed by atoms with Gasteiger partial charge >= 0.3 is 0 Å². The second-order valence-corrected chi connectivity index (χ2v) is 7.50. The third-order valence-electron chi connectivity index (χ3n) is 5.18. The molecule has 4 heterocycles. The highest BCUT2D eigenvalue weighted by molar-refractivity contribution is 6.30. The Hall–Kier alpha value is -3.09. The number of fused-ring (bicyclic) bond motifs is 3. The number of aromatic amines is 1. The first-order valence-corrected chi connectivity index (χ1v) is 9.86. The Morgan fingerprint density at radius 3 is 2.93 bits per heavy atom. The molecule has 3 aromatic heterocycles. The number of pyridine rings is 2. The molecule has 0 bridgehead atoms. The minimum Gasteiger partial charge on any atom is -0.487 e. The SMILES string of the molecule is O=c1cc(OCc2ccc(Cl)cn2)ccn1-c1ccc2c3c([nH]c2c1)CNCC3. The molecular weight excluding hydrogens is 388 g/mol. The van der Waals surface area contributed by atoms with Crippen LogP contribution in [0.1, 0.15) is 17.0 Å². The van der Waals surface area contributed by atoms with E-state index in [0.29, 0.717) is 10.8 Å². The smallest absolute Gasteiger partial charge is 0.258 e. The van der Waals surface area contributed by atoms with Crippen molar-refractivity contribution in [2.24, 2.45) is 0 Å². The summed E-state index contributed by atoms with van der Waals surface area (Å²) < 4.78 is 7.31. The molecule has 0 fully saturated rings. The molecule has 146 valence electrons. The predicted octanol–water partition coefficient (Wildman–Crippen LogP) is 3.59. The standard InChI is InChI=1S/C22H19ClN4O2/c23-14-1-2-15(25-11-14)13-29-17-6-8-27(22(28)10-17)16-3-4-18-19-5-7-24-12-21(19)26-20(18)9-16/h1-4,6,8-11,24,26H,5,7,12-13H2. The number of ether oxygens (including phenoxy) is 1. The van der Waals surface area contributed by atoms with Crippen molar-refractivity contribution >= 4 is 22.5 Å². The Balaban J connectivity index is 1.39. The van der Waals surface area contributed by atoms with Crippen LogP contribution >= 0.6 is 11.6 Å². The lowest BCUT2D eigenvalue weighted by molar-refractivity contribution is 0.300. The van der Waals surface area contributed by atoms with E-state index in [1.54, 1.807) is 35.2 Å². The summed E-state index contributed by atoms with van der Waals surface area (Å²) in [6, 6.07) is 12.9. The van der Waals surface area contributed by atoms with Crippen molar-refractivity contribution in [3.8, 4) is 11.4 Å². The van der Waals surface area contributed by atoms with Gasteiger partial charge in [-0.15, -0.1) is 0 Å². The second-order valence-electron chi connectivity index (χ2n) is 7.07. The fourth-order valence-electron chi connectivity index (χ4n) is 3.73. The quantitative estimate of drug-likeness (QED) is 0.543. The molecule has 5 rings (SSSR count). The van der Waals surface area contributed by atoms with E-state index in [1.165, 1.54) is 22.7 Å². The molecule has 0 aliphatic carbocycles. The van der Waals surface area contributed by atoms with Gasteiger partial charge < -0.3 is 15.0 Å². The molecule has 1 aromatic carbocycles. The molecule has 6 nitrogen and oxygen atoms in total. The van der Waals surface area contributed by atoms with E-state index in [4.69, 9.17) is 16.3 Å². The molecule has 1 aliphatic heterocycles. The van der Waals surface area contributed by atoms with E-state index in [0.717, 1.165) is 36.4 Å². The Morgan fingerprint density at radius 1 is 1.17 bits per heavy atom. The summed E-state index contributed by atoms with van der Waals surface area (Å²) in [5, 5.41) is 5.19. The maximum atomic E-state index is 12.7. The highest BCUT2D eigenvalue weighted by Crippen LogP contribution is 2.26. The number of halogens is 1. The average Bonchev–Trinajstić information content (AvgIpc) is 3.11. The minimum absolute atomic E-state index is 0.149. The molecule has 4 aromatic rings. The summed E-state index contributed by atoms with van der Waals surface area (Å²) in [6.45, 7) is 2.12. The van der Waals surface area contributed by atoms with E-state index in [9.17, 15) is 4.79 Å². The summed E-state index contributed by atoms with van der Waals surface area (Å²) >= 11 is 5.84. The van der Waals surface area contributed by atoms with Crippen LogP contribution in [0.5, 0.6) is 5.75 Å². The normalized spacial score (nSPS) is 13.4. The van der Waals surface area contributed by atoms with Gasteiger partial charge in [0.2, 0.25) is 0 Å². The van der Waals surface area contributed by atoms with Crippen molar-refractivity contribution in [3.05, 3.63) is 87.2 Å². The lowest BCUT2D eigenvalue weighted by atomic mass is 10.0. The minimum atomic E-state index is -0.149. The Labute approximate surface area is 172 Å². The fraction of sp³-hybridized carbons (Fsp3) is 0.182. The second kappa shape index (κ2) is 7.39. The lowest BCUT2D eigenvalue weighted by Crippen LogP contribution is -2.22. The highest BCUT2D eigenvalue weighted by Gasteiger charge is 2.15. The van der Waals surface area contributed by atoms with Crippen LogP contribution in [0.15, 0.2) is 59.7 Å². The van der Waals surface area contributed by atoms with Crippen molar-refractivity contribution < 1.29 is 4.74 Å². The largest absolute Gasteiger partial charge is 0.487 e. The van der Waals surface area contributed by atoms with Crippen LogP contribution in [0, 0.1) is 0 Å². The molecule has 0 saturated carbocycles. The number of hydrogen-bond donors (Lipinski definition) is 2. The molecule has 0 saturated heterocycles. The Kier molecular flexibility index (Phi) is 4.58. The van der Waals surface area contributed by atoms with Crippen molar-refractivity contribution in [2.45, 2.75) is 19.6 Å². The van der Waals surface area contributed by atoms with Gasteiger partial charge in [0.1, 0.15) is 12.4 Å². The predicted molar refractivity (Wildman–Crippen MR) is 113 cm³/mol. The van der Waals surface area contributed by atoms with Crippen molar-refractivity contribution in [3.63, 3.8) is 0 Å². The van der Waals surface area contributed by atoms with E-state index < -0.39 is 0 Å². The van der Waals surface area contributed by atoms with Gasteiger partial charge in [0, 0.05) is 41.6 Å². The number of H-pyrrole nitrogens is 1. The third kappa shape index (κ3) is 3.52. The molecule has 7 heteroatoms. The fourth-order valence-corrected chi connectivity index (χ4v) is 3.84. The van der Waals surface area contributed by atoms with Gasteiger partial charge in [-0.1, -0.05) is 17.7 Å². The number of nitrogens with one attached hydrogen (secondary N) is 2. The number of benzene rings is 1. The first-order chi connectivity index (χ1) is 14.2. The number of hydrogen-bond acceptors (Lipinski definition) is 4. The molecule has 0 unspecified atom stereocenters. The maximum Gasteiger partial charge on any atom is 0.258 e. The summed E-state index contributed by atoms with van der Waals surface area (Å²) in [4.78, 5) is 20.3. The van der Waals surface area contributed by atoms with Crippen molar-refractivity contribution in [1.29, 1.82) is 0 Å². The molecular formula is C22H19ClN4O2. The van der Waals surface area contributed by atoms with Crippen LogP contribution in [0.25, 0.3) is 16.6 Å². The lowest BCUT2D eigenvalue weighted by Gasteiger charge is -2.12. The zero-order valence-electron chi connectivity index (χ0n) is 15.6. The molecule has 0 atom stereocenters. The summed E-state index contributed by atoms with van der Waals surface area (Å²) in [5.41, 5.74) is 5.07. The monoisotopic (exact) mass is 406 g/mol. The van der Waals surface area contributed by atoms with Gasteiger partial charge in [0.05, 0.1) is 16.4 Å². The summed E-state index contributed by atoms with van der Waals surface area (Å²) in [7, 11) is 0. The molecule has 0 spiro atoms. The number of aromatic nitrogens is 3. The van der Waals surface area contributed by atoms with Gasteiger partial charge in [0.25, 0.3) is 5.56 Å². The average molecular weight is 407 g/mol. The maximum absolute atomic E-state index is 12.7. The topological polar surface area (TPSA) is 71.9 Å². The molecule has 1 aliphatic rings. The zero-order chi connectivity index (χ0) is 19.8. The van der Waals surface area contributed by atoms with E-state index >= 15 is 0 Å². The third-order valence-corrected chi connectivity index (χ3v) is 5.40. The molecule has 29 heavy (non-hydrogen) atoms. The van der Waals surface area contributed by atoms with Crippen LogP contribution in [0.3, 0.4) is 0 Å². The highest BCUT2D eigenvalue weighted by atomic mass is 35.5. The summed E-state index contributed by atoms with van der Waals surface area (Å²) in [5.74, 6) is 0.505. The molecule has 0 radical (unpaired) electrons. The van der Waals surface area contributed by atoms with Crippen LogP contribution < -0.4 is 15.6 Å². The van der Waals surface area contributed by atoms with Gasteiger partial charge in [-0.2, -0.15) is 0 Å². The summed E-state index contributed by atoms with van der Waals surface area (Å²) in [6.07, 6.45) is 4.32. The van der Waals surface area contributed by atoms with Crippen molar-refractivity contribution in [2.75, 3.05) is 6.54 Å². The van der Waals surface area contributed by atoms with Gasteiger partial charge in [0.15, 0.2) is 0 Å². The van der Waals surface area contributed by atoms with E-state index in [2.05, 4.69) is 21.4 Å². The first-order valence-electron chi connectivity index (χ1n) is 9.48. The van der Waals surface area contributed by atoms with Gasteiger partial charge in [-0.3, -0.25) is 14.3 Å². The van der Waals surface area contributed by atoms with Crippen molar-refractivity contribution in [1.82, 2.24) is 19.9 Å². The Morgan fingerprint density at radius 2 is 2.10 bits per heavy atom. The molecule has 0 amide bonds. The van der Waals surface area contributed by atoms with E-state index in [1.807, 2.05) is 12.1 Å². The number of rotatable bonds is 4. The first kappa shape index (κ1) is 18.0. The van der Waals surface area contributed by atoms with Gasteiger partial charge in [-0.05, 0) is 48.9 Å². The van der Waals surface area contributed by atoms with Crippen LogP contribution in [-0.2, 0) is 19.6 Å². The molecule has 2 N–H and O–H groups in total. The Bertz CT molecular complexity index is 1240. The van der Waals surface area contributed by atoms with Crippen LogP contribution in [-0.4, -0.2) is 21.1 Å². The van der Waals surface area contributed by atoms with Crippen LogP contribution in [0.4, 0.5) is 0 Å². The number of nitrogens with zero attached hydrogens (tertiary/aromatic N) is 2. The zero-order valence-corrected chi connectivity index (χ0v) is 16.4. The van der Waals surface area contributed by atoms with Gasteiger partial charge in [-0.25, -0.2) is 0 Å².